The van der Waals surface area contributed by atoms with Crippen LogP contribution in [-0.4, -0.2) is 60.2 Å². The first-order valence-corrected chi connectivity index (χ1v) is 13.2. The van der Waals surface area contributed by atoms with E-state index in [9.17, 15) is 5.11 Å². The summed E-state index contributed by atoms with van der Waals surface area (Å²) in [4.78, 5) is 5.75. The highest BCUT2D eigenvalue weighted by molar-refractivity contribution is 5.99. The second kappa shape index (κ2) is 10.0. The van der Waals surface area contributed by atoms with Crippen LogP contribution in [0.2, 0.25) is 0 Å². The van der Waals surface area contributed by atoms with Gasteiger partial charge in [-0.3, -0.25) is 0 Å². The van der Waals surface area contributed by atoms with E-state index in [1.54, 1.807) is 12.3 Å². The predicted molar refractivity (Wildman–Crippen MR) is 145 cm³/mol. The fourth-order valence-corrected chi connectivity index (χ4v) is 5.55. The van der Waals surface area contributed by atoms with E-state index in [4.69, 9.17) is 28.5 Å². The molecule has 0 amide bonds. The number of phenols is 1. The Labute approximate surface area is 228 Å². The fourth-order valence-electron chi connectivity index (χ4n) is 5.55. The maximum Gasteiger partial charge on any atom is 0.190 e. The minimum Gasteiger partial charge on any atom is -0.507 e. The lowest BCUT2D eigenvalue weighted by atomic mass is 9.90. The number of fused-ring (bicyclic) bond motifs is 3. The number of ether oxygens (including phenoxy) is 5. The number of oxime groups is 1. The third-order valence-electron chi connectivity index (χ3n) is 7.12. The van der Waals surface area contributed by atoms with Crippen molar-refractivity contribution in [2.75, 3.05) is 6.61 Å². The van der Waals surface area contributed by atoms with E-state index in [0.717, 1.165) is 22.3 Å². The Kier molecular flexibility index (Phi) is 6.69. The topological polar surface area (TPSA) is 88.0 Å². The van der Waals surface area contributed by atoms with Gasteiger partial charge in [-0.1, -0.05) is 71.9 Å². The Balaban J connectivity index is 1.26. The predicted octanol–water partition coefficient (Wildman–Crippen LogP) is 5.47. The third-order valence-corrected chi connectivity index (χ3v) is 7.12. The lowest BCUT2D eigenvalue weighted by Crippen LogP contribution is -2.56. The van der Waals surface area contributed by atoms with Crippen molar-refractivity contribution < 1.29 is 33.6 Å². The number of phenolic OH excluding ortho intramolecular Hbond substituents is 1. The van der Waals surface area contributed by atoms with Gasteiger partial charge in [-0.25, -0.2) is 0 Å². The second-order valence-electron chi connectivity index (χ2n) is 10.9. The summed E-state index contributed by atoms with van der Waals surface area (Å²) < 4.78 is 30.6. The molecule has 0 bridgehead atoms. The monoisotopic (exact) mass is 531 g/mol. The number of benzene rings is 3. The zero-order valence-electron chi connectivity index (χ0n) is 22.4. The third kappa shape index (κ3) is 5.18. The van der Waals surface area contributed by atoms with Gasteiger partial charge in [0.15, 0.2) is 17.9 Å². The summed E-state index contributed by atoms with van der Waals surface area (Å²) in [5.41, 5.74) is 4.38. The number of rotatable bonds is 6. The highest BCUT2D eigenvalue weighted by Gasteiger charge is 2.60. The van der Waals surface area contributed by atoms with Crippen molar-refractivity contribution in [2.45, 2.75) is 70.0 Å². The van der Waals surface area contributed by atoms with E-state index in [-0.39, 0.29) is 18.5 Å². The highest BCUT2D eigenvalue weighted by atomic mass is 16.9. The molecule has 0 saturated carbocycles. The molecule has 6 rings (SSSR count). The molecule has 3 fully saturated rings. The van der Waals surface area contributed by atoms with Gasteiger partial charge in [0.25, 0.3) is 0 Å². The molecule has 0 radical (unpaired) electrons. The Bertz CT molecular complexity index is 1340. The Morgan fingerprint density at radius 1 is 0.769 bits per heavy atom. The first-order chi connectivity index (χ1) is 18.7. The fraction of sp³-hybridized carbons (Fsp3) is 0.387. The molecule has 5 atom stereocenters. The Morgan fingerprint density at radius 3 is 2.10 bits per heavy atom. The molecule has 3 saturated heterocycles. The van der Waals surface area contributed by atoms with Crippen LogP contribution in [0, 0.1) is 0 Å². The number of hydrogen-bond acceptors (Lipinski definition) is 8. The molecule has 3 aliphatic heterocycles. The summed E-state index contributed by atoms with van der Waals surface area (Å²) in [6.45, 7) is 7.53. The molecule has 3 aromatic rings. The molecule has 0 aromatic heterocycles. The molecule has 39 heavy (non-hydrogen) atoms. The summed E-state index contributed by atoms with van der Waals surface area (Å²) in [6.07, 6.45) is -0.740. The summed E-state index contributed by atoms with van der Waals surface area (Å²) >= 11 is 0. The molecule has 8 nitrogen and oxygen atoms in total. The lowest BCUT2D eigenvalue weighted by Gasteiger charge is -2.36. The zero-order chi connectivity index (χ0) is 27.2. The van der Waals surface area contributed by atoms with E-state index in [1.807, 2.05) is 94.4 Å². The average molecular weight is 532 g/mol. The van der Waals surface area contributed by atoms with Crippen molar-refractivity contribution >= 4 is 6.21 Å². The molecule has 0 aliphatic carbocycles. The summed E-state index contributed by atoms with van der Waals surface area (Å²) in [5, 5.41) is 15.1. The smallest absolute Gasteiger partial charge is 0.190 e. The maximum absolute atomic E-state index is 10.9. The van der Waals surface area contributed by atoms with Crippen LogP contribution in [0.15, 0.2) is 78.0 Å². The lowest BCUT2D eigenvalue weighted by molar-refractivity contribution is -0.243. The van der Waals surface area contributed by atoms with E-state index in [1.165, 1.54) is 0 Å². The molecule has 0 unspecified atom stereocenters. The van der Waals surface area contributed by atoms with Gasteiger partial charge in [0, 0.05) is 11.1 Å². The van der Waals surface area contributed by atoms with E-state index < -0.39 is 36.2 Å². The van der Waals surface area contributed by atoms with E-state index >= 15 is 0 Å². The number of nitrogens with zero attached hydrogens (tertiary/aromatic N) is 1. The van der Waals surface area contributed by atoms with E-state index in [2.05, 4.69) is 5.16 Å². The van der Waals surface area contributed by atoms with Gasteiger partial charge in [0.1, 0.15) is 36.8 Å². The first kappa shape index (κ1) is 26.0. The normalized spacial score (nSPS) is 28.8. The average Bonchev–Trinajstić information content (AvgIpc) is 3.41. The highest BCUT2D eigenvalue weighted by Crippen LogP contribution is 2.44. The molecule has 3 heterocycles. The van der Waals surface area contributed by atoms with Crippen LogP contribution in [0.4, 0.5) is 0 Å². The van der Waals surface area contributed by atoms with Crippen LogP contribution in [0.3, 0.4) is 0 Å². The van der Waals surface area contributed by atoms with Gasteiger partial charge in [-0.2, -0.15) is 0 Å². The number of aromatic hydroxyl groups is 1. The van der Waals surface area contributed by atoms with Crippen LogP contribution in [0.25, 0.3) is 22.3 Å². The SMILES string of the molecule is CC1(C)O[C@H]2[C@@H](O1)[C@@H](CO/N=C/c1c(O)ccc(-c3ccccc3)c1-c1ccccc1)O[C@@H]1OC(C)(C)O[C@@H]12. The molecule has 0 spiro atoms. The second-order valence-corrected chi connectivity index (χ2v) is 10.9. The standard InChI is InChI=1S/C31H33NO7/c1-30(2)36-26-24(35-29-28(27(26)37-30)38-31(3,4)39-29)18-34-32-17-22-23(33)16-15-21(19-11-7-5-8-12-19)25(22)20-13-9-6-10-14-20/h5-17,24,26-29,33H,18H2,1-4H3/b32-17+/t24-,26+,27+,28-,29-/m1/s1. The molecule has 1 N–H and O–H groups in total. The van der Waals surface area contributed by atoms with Crippen LogP contribution >= 0.6 is 0 Å². The Hall–Kier alpha value is -3.27. The first-order valence-electron chi connectivity index (χ1n) is 13.2. The van der Waals surface area contributed by atoms with Gasteiger partial charge in [-0.05, 0) is 50.5 Å². The van der Waals surface area contributed by atoms with Crippen molar-refractivity contribution in [2.24, 2.45) is 5.16 Å². The van der Waals surface area contributed by atoms with Crippen molar-refractivity contribution in [3.05, 3.63) is 78.4 Å². The van der Waals surface area contributed by atoms with Crippen molar-refractivity contribution in [1.29, 1.82) is 0 Å². The molecular formula is C31H33NO7. The van der Waals surface area contributed by atoms with Crippen molar-refractivity contribution in [3.63, 3.8) is 0 Å². The van der Waals surface area contributed by atoms with Gasteiger partial charge in [0.2, 0.25) is 0 Å². The van der Waals surface area contributed by atoms with Gasteiger partial charge >= 0.3 is 0 Å². The minimum atomic E-state index is -0.793. The summed E-state index contributed by atoms with van der Waals surface area (Å²) in [5.74, 6) is -1.48. The van der Waals surface area contributed by atoms with Gasteiger partial charge in [-0.15, -0.1) is 0 Å². The van der Waals surface area contributed by atoms with Crippen LogP contribution in [0.5, 0.6) is 5.75 Å². The zero-order valence-corrected chi connectivity index (χ0v) is 22.4. The molecule has 204 valence electrons. The summed E-state index contributed by atoms with van der Waals surface area (Å²) in [6, 6.07) is 23.6. The molecular weight excluding hydrogens is 498 g/mol. The van der Waals surface area contributed by atoms with Gasteiger partial charge < -0.3 is 33.6 Å². The molecule has 3 aliphatic rings. The molecule has 3 aromatic carbocycles. The Morgan fingerprint density at radius 2 is 1.38 bits per heavy atom. The van der Waals surface area contributed by atoms with E-state index in [0.29, 0.717) is 5.56 Å². The van der Waals surface area contributed by atoms with Crippen molar-refractivity contribution in [1.82, 2.24) is 0 Å². The van der Waals surface area contributed by atoms with Crippen LogP contribution in [0.1, 0.15) is 33.3 Å². The largest absolute Gasteiger partial charge is 0.507 e. The maximum atomic E-state index is 10.9. The summed E-state index contributed by atoms with van der Waals surface area (Å²) in [7, 11) is 0. The molecule has 8 heteroatoms. The van der Waals surface area contributed by atoms with Crippen molar-refractivity contribution in [3.8, 4) is 28.0 Å². The van der Waals surface area contributed by atoms with Crippen LogP contribution in [-0.2, 0) is 28.5 Å². The minimum absolute atomic E-state index is 0.101. The van der Waals surface area contributed by atoms with Gasteiger partial charge in [0.05, 0.1) is 6.21 Å². The number of hydrogen-bond donors (Lipinski definition) is 1. The van der Waals surface area contributed by atoms with Crippen LogP contribution < -0.4 is 0 Å². The quantitative estimate of drug-likeness (QED) is 0.333.